The lowest BCUT2D eigenvalue weighted by Gasteiger charge is -2.14. The second-order valence-electron chi connectivity index (χ2n) is 2.65. The molecule has 1 unspecified atom stereocenters. The molecule has 1 aromatic heterocycles. The molecule has 1 aromatic rings. The second-order valence-corrected chi connectivity index (χ2v) is 2.65. The van der Waals surface area contributed by atoms with Gasteiger partial charge in [-0.1, -0.05) is 6.07 Å². The average Bonchev–Trinajstić information content (AvgIpc) is 2.15. The molecule has 1 heterocycles. The number of nitrogens with zero attached hydrogens (tertiary/aromatic N) is 1. The largest absolute Gasteiger partial charge is 0.318 e. The van der Waals surface area contributed by atoms with E-state index in [-0.39, 0.29) is 0 Å². The number of hydrogen-bond donors (Lipinski definition) is 2. The third-order valence-electron chi connectivity index (χ3n) is 1.80. The van der Waals surface area contributed by atoms with E-state index >= 15 is 0 Å². The van der Waals surface area contributed by atoms with Gasteiger partial charge in [-0.3, -0.25) is 4.98 Å². The van der Waals surface area contributed by atoms with Crippen molar-refractivity contribution in [1.29, 1.82) is 0 Å². The van der Waals surface area contributed by atoms with Crippen LogP contribution >= 0.6 is 0 Å². The van der Waals surface area contributed by atoms with Crippen molar-refractivity contribution in [1.82, 2.24) is 15.6 Å². The van der Waals surface area contributed by atoms with Gasteiger partial charge in [0.25, 0.3) is 0 Å². The number of rotatable bonds is 4. The van der Waals surface area contributed by atoms with Gasteiger partial charge < -0.3 is 10.6 Å². The normalized spacial score (nSPS) is 12.8. The summed E-state index contributed by atoms with van der Waals surface area (Å²) in [5.41, 5.74) is 1.08. The summed E-state index contributed by atoms with van der Waals surface area (Å²) in [6.45, 7) is 0.896. The highest BCUT2D eigenvalue weighted by Crippen LogP contribution is 2.06. The average molecular weight is 165 g/mol. The number of pyridine rings is 1. The van der Waals surface area contributed by atoms with E-state index in [2.05, 4.69) is 15.6 Å². The first kappa shape index (κ1) is 9.16. The molecule has 0 bridgehead atoms. The summed E-state index contributed by atoms with van der Waals surface area (Å²) in [6, 6.07) is 6.26. The molecular formula is C9H15N3. The minimum atomic E-state index is 0.302. The molecule has 0 aliphatic carbocycles. The third kappa shape index (κ3) is 2.29. The molecule has 0 spiro atoms. The maximum Gasteiger partial charge on any atom is 0.0619 e. The van der Waals surface area contributed by atoms with Crippen molar-refractivity contribution < 1.29 is 0 Å². The van der Waals surface area contributed by atoms with Gasteiger partial charge in [-0.15, -0.1) is 0 Å². The molecule has 1 rings (SSSR count). The first-order valence-corrected chi connectivity index (χ1v) is 4.11. The van der Waals surface area contributed by atoms with Crippen molar-refractivity contribution >= 4 is 0 Å². The Morgan fingerprint density at radius 3 is 2.75 bits per heavy atom. The van der Waals surface area contributed by atoms with E-state index in [0.29, 0.717) is 6.04 Å². The van der Waals surface area contributed by atoms with Gasteiger partial charge in [-0.05, 0) is 26.2 Å². The fraction of sp³-hybridized carbons (Fsp3) is 0.444. The molecule has 0 amide bonds. The van der Waals surface area contributed by atoms with Gasteiger partial charge in [-0.25, -0.2) is 0 Å². The highest BCUT2D eigenvalue weighted by atomic mass is 15.0. The first-order valence-electron chi connectivity index (χ1n) is 4.11. The minimum absolute atomic E-state index is 0.302. The monoisotopic (exact) mass is 165 g/mol. The summed E-state index contributed by atoms with van der Waals surface area (Å²) in [7, 11) is 3.88. The molecule has 3 heteroatoms. The van der Waals surface area contributed by atoms with Crippen LogP contribution in [0.3, 0.4) is 0 Å². The van der Waals surface area contributed by atoms with E-state index < -0.39 is 0 Å². The van der Waals surface area contributed by atoms with Gasteiger partial charge in [0.2, 0.25) is 0 Å². The molecule has 0 saturated heterocycles. The van der Waals surface area contributed by atoms with E-state index in [0.717, 1.165) is 12.2 Å². The predicted molar refractivity (Wildman–Crippen MR) is 50.0 cm³/mol. The summed E-state index contributed by atoms with van der Waals surface area (Å²) in [5.74, 6) is 0. The summed E-state index contributed by atoms with van der Waals surface area (Å²) in [4.78, 5) is 4.27. The lowest BCUT2D eigenvalue weighted by Crippen LogP contribution is -2.27. The molecule has 12 heavy (non-hydrogen) atoms. The van der Waals surface area contributed by atoms with Crippen LogP contribution in [-0.2, 0) is 0 Å². The van der Waals surface area contributed by atoms with Crippen LogP contribution in [0.25, 0.3) is 0 Å². The van der Waals surface area contributed by atoms with Crippen LogP contribution in [0.4, 0.5) is 0 Å². The lowest BCUT2D eigenvalue weighted by molar-refractivity contribution is 0.545. The SMILES string of the molecule is CNCC(NC)c1ccccn1. The first-order chi connectivity index (χ1) is 5.88. The fourth-order valence-corrected chi connectivity index (χ4v) is 1.14. The Morgan fingerprint density at radius 1 is 1.42 bits per heavy atom. The van der Waals surface area contributed by atoms with Crippen LogP contribution in [0.1, 0.15) is 11.7 Å². The molecule has 1 atom stereocenters. The highest BCUT2D eigenvalue weighted by Gasteiger charge is 2.07. The number of nitrogens with one attached hydrogen (secondary N) is 2. The third-order valence-corrected chi connectivity index (χ3v) is 1.80. The molecule has 0 aliphatic heterocycles. The van der Waals surface area contributed by atoms with Crippen molar-refractivity contribution in [2.75, 3.05) is 20.6 Å². The topological polar surface area (TPSA) is 37.0 Å². The molecule has 0 fully saturated rings. The second kappa shape index (κ2) is 4.85. The number of aromatic nitrogens is 1. The van der Waals surface area contributed by atoms with Gasteiger partial charge in [0.1, 0.15) is 0 Å². The van der Waals surface area contributed by atoms with Crippen LogP contribution in [0.2, 0.25) is 0 Å². The van der Waals surface area contributed by atoms with Crippen LogP contribution in [0.5, 0.6) is 0 Å². The van der Waals surface area contributed by atoms with Crippen molar-refractivity contribution in [2.24, 2.45) is 0 Å². The van der Waals surface area contributed by atoms with E-state index in [9.17, 15) is 0 Å². The molecule has 0 radical (unpaired) electrons. The molecule has 0 aromatic carbocycles. The lowest BCUT2D eigenvalue weighted by atomic mass is 10.2. The highest BCUT2D eigenvalue weighted by molar-refractivity contribution is 5.08. The van der Waals surface area contributed by atoms with Crippen molar-refractivity contribution in [3.63, 3.8) is 0 Å². The van der Waals surface area contributed by atoms with Gasteiger partial charge >= 0.3 is 0 Å². The Kier molecular flexibility index (Phi) is 3.70. The van der Waals surface area contributed by atoms with Gasteiger partial charge in [0, 0.05) is 12.7 Å². The molecular weight excluding hydrogens is 150 g/mol. The smallest absolute Gasteiger partial charge is 0.0619 e. The zero-order valence-corrected chi connectivity index (χ0v) is 7.54. The molecule has 0 saturated carbocycles. The Hall–Kier alpha value is -0.930. The Labute approximate surface area is 73.2 Å². The quantitative estimate of drug-likeness (QED) is 0.684. The summed E-state index contributed by atoms with van der Waals surface area (Å²) >= 11 is 0. The molecule has 2 N–H and O–H groups in total. The standard InChI is InChI=1S/C9H15N3/c1-10-7-9(11-2)8-5-3-4-6-12-8/h3-6,9-11H,7H2,1-2H3. The van der Waals surface area contributed by atoms with Crippen LogP contribution in [-0.4, -0.2) is 25.6 Å². The predicted octanol–water partition coefficient (Wildman–Crippen LogP) is 0.561. The zero-order valence-electron chi connectivity index (χ0n) is 7.54. The number of likely N-dealkylation sites (N-methyl/N-ethyl adjacent to an activating group) is 2. The summed E-state index contributed by atoms with van der Waals surface area (Å²) in [5, 5.41) is 6.31. The maximum atomic E-state index is 4.27. The van der Waals surface area contributed by atoms with E-state index in [4.69, 9.17) is 0 Å². The Balaban J connectivity index is 2.66. The Morgan fingerprint density at radius 2 is 2.25 bits per heavy atom. The summed E-state index contributed by atoms with van der Waals surface area (Å²) < 4.78 is 0. The van der Waals surface area contributed by atoms with Crippen LogP contribution < -0.4 is 10.6 Å². The van der Waals surface area contributed by atoms with E-state index in [1.54, 1.807) is 0 Å². The van der Waals surface area contributed by atoms with Gasteiger partial charge in [0.15, 0.2) is 0 Å². The fourth-order valence-electron chi connectivity index (χ4n) is 1.14. The molecule has 3 nitrogen and oxygen atoms in total. The maximum absolute atomic E-state index is 4.27. The van der Waals surface area contributed by atoms with Gasteiger partial charge in [-0.2, -0.15) is 0 Å². The molecule has 66 valence electrons. The number of hydrogen-bond acceptors (Lipinski definition) is 3. The Bertz CT molecular complexity index is 210. The summed E-state index contributed by atoms with van der Waals surface area (Å²) in [6.07, 6.45) is 1.81. The van der Waals surface area contributed by atoms with Crippen molar-refractivity contribution in [3.05, 3.63) is 30.1 Å². The molecule has 0 aliphatic rings. The zero-order chi connectivity index (χ0) is 8.81. The van der Waals surface area contributed by atoms with Crippen molar-refractivity contribution in [2.45, 2.75) is 6.04 Å². The minimum Gasteiger partial charge on any atom is -0.318 e. The van der Waals surface area contributed by atoms with Crippen LogP contribution in [0, 0.1) is 0 Å². The van der Waals surface area contributed by atoms with E-state index in [1.165, 1.54) is 0 Å². The van der Waals surface area contributed by atoms with Gasteiger partial charge in [0.05, 0.1) is 11.7 Å². The van der Waals surface area contributed by atoms with Crippen LogP contribution in [0.15, 0.2) is 24.4 Å². The van der Waals surface area contributed by atoms with Crippen molar-refractivity contribution in [3.8, 4) is 0 Å². The van der Waals surface area contributed by atoms with E-state index in [1.807, 2.05) is 38.5 Å².